The molecule has 0 radical (unpaired) electrons. The van der Waals surface area contributed by atoms with Crippen molar-refractivity contribution in [2.75, 3.05) is 17.3 Å². The van der Waals surface area contributed by atoms with E-state index in [9.17, 15) is 9.90 Å². The van der Waals surface area contributed by atoms with Crippen molar-refractivity contribution < 1.29 is 9.90 Å². The number of amides is 1. The Labute approximate surface area is 124 Å². The first kappa shape index (κ1) is 14.8. The van der Waals surface area contributed by atoms with E-state index in [0.717, 1.165) is 0 Å². The molecule has 0 saturated carbocycles. The number of rotatable bonds is 4. The lowest BCUT2D eigenvalue weighted by atomic mass is 10.2. The summed E-state index contributed by atoms with van der Waals surface area (Å²) in [5.41, 5.74) is 1.07. The van der Waals surface area contributed by atoms with E-state index in [1.165, 1.54) is 4.90 Å². The van der Waals surface area contributed by atoms with Gasteiger partial charge in [-0.2, -0.15) is 0 Å². The highest BCUT2D eigenvalue weighted by molar-refractivity contribution is 6.04. The van der Waals surface area contributed by atoms with Gasteiger partial charge in [-0.25, -0.2) is 4.98 Å². The molecule has 1 aromatic heterocycles. The van der Waals surface area contributed by atoms with Gasteiger partial charge in [-0.15, -0.1) is 0 Å². The maximum absolute atomic E-state index is 12.4. The van der Waals surface area contributed by atoms with Gasteiger partial charge in [-0.1, -0.05) is 6.07 Å². The van der Waals surface area contributed by atoms with Crippen LogP contribution in [0.15, 0.2) is 42.5 Å². The van der Waals surface area contributed by atoms with E-state index in [2.05, 4.69) is 10.3 Å². The number of anilines is 2. The molecule has 1 amide bonds. The molecule has 2 N–H and O–H groups in total. The second kappa shape index (κ2) is 6.26. The summed E-state index contributed by atoms with van der Waals surface area (Å²) in [6.07, 6.45) is 0. The van der Waals surface area contributed by atoms with Crippen molar-refractivity contribution >= 4 is 17.4 Å². The summed E-state index contributed by atoms with van der Waals surface area (Å²) in [7, 11) is 1.68. The topological polar surface area (TPSA) is 65.5 Å². The smallest absolute Gasteiger partial charge is 0.276 e. The number of carbonyl (C=O) groups excluding carboxylic acids is 1. The molecule has 1 aromatic carbocycles. The number of benzene rings is 1. The Balaban J connectivity index is 2.21. The predicted octanol–water partition coefficient (Wildman–Crippen LogP) is 2.88. The average Bonchev–Trinajstić information content (AvgIpc) is 2.46. The highest BCUT2D eigenvalue weighted by Crippen LogP contribution is 2.19. The zero-order valence-electron chi connectivity index (χ0n) is 12.4. The Kier molecular flexibility index (Phi) is 4.42. The van der Waals surface area contributed by atoms with Gasteiger partial charge in [0.15, 0.2) is 0 Å². The molecule has 0 unspecified atom stereocenters. The van der Waals surface area contributed by atoms with Gasteiger partial charge < -0.3 is 15.3 Å². The molecule has 0 aliphatic rings. The first-order chi connectivity index (χ1) is 9.97. The van der Waals surface area contributed by atoms with Gasteiger partial charge in [0.25, 0.3) is 5.91 Å². The SMILES string of the molecule is CC(C)Nc1cccc(C(=O)N(C)c2ccc(O)cc2)n1. The molecule has 2 aromatic rings. The van der Waals surface area contributed by atoms with E-state index < -0.39 is 0 Å². The van der Waals surface area contributed by atoms with Crippen molar-refractivity contribution in [3.8, 4) is 5.75 Å². The maximum Gasteiger partial charge on any atom is 0.276 e. The van der Waals surface area contributed by atoms with Crippen LogP contribution in [0, 0.1) is 0 Å². The van der Waals surface area contributed by atoms with E-state index in [4.69, 9.17) is 0 Å². The zero-order valence-corrected chi connectivity index (χ0v) is 12.4. The fourth-order valence-electron chi connectivity index (χ4n) is 1.90. The highest BCUT2D eigenvalue weighted by atomic mass is 16.3. The van der Waals surface area contributed by atoms with Crippen LogP contribution >= 0.6 is 0 Å². The Bertz CT molecular complexity index is 624. The summed E-state index contributed by atoms with van der Waals surface area (Å²) in [6, 6.07) is 12.0. The molecule has 0 aliphatic heterocycles. The van der Waals surface area contributed by atoms with Crippen molar-refractivity contribution in [2.45, 2.75) is 19.9 Å². The van der Waals surface area contributed by atoms with Crippen LogP contribution in [0.25, 0.3) is 0 Å². The third-order valence-corrected chi connectivity index (χ3v) is 2.95. The molecule has 5 nitrogen and oxygen atoms in total. The first-order valence-corrected chi connectivity index (χ1v) is 6.78. The van der Waals surface area contributed by atoms with Crippen LogP contribution in [0.2, 0.25) is 0 Å². The lowest BCUT2D eigenvalue weighted by Crippen LogP contribution is -2.27. The number of nitrogens with zero attached hydrogens (tertiary/aromatic N) is 2. The number of aromatic nitrogens is 1. The van der Waals surface area contributed by atoms with E-state index in [1.54, 1.807) is 43.4 Å². The van der Waals surface area contributed by atoms with Crippen LogP contribution in [0.1, 0.15) is 24.3 Å². The number of phenols is 1. The second-order valence-electron chi connectivity index (χ2n) is 5.09. The molecule has 0 saturated heterocycles. The third-order valence-electron chi connectivity index (χ3n) is 2.95. The largest absolute Gasteiger partial charge is 0.508 e. The summed E-state index contributed by atoms with van der Waals surface area (Å²) >= 11 is 0. The first-order valence-electron chi connectivity index (χ1n) is 6.78. The van der Waals surface area contributed by atoms with E-state index in [0.29, 0.717) is 17.2 Å². The minimum atomic E-state index is -0.201. The Morgan fingerprint density at radius 3 is 2.48 bits per heavy atom. The molecule has 0 atom stereocenters. The van der Waals surface area contributed by atoms with Gasteiger partial charge >= 0.3 is 0 Å². The van der Waals surface area contributed by atoms with Gasteiger partial charge in [-0.3, -0.25) is 4.79 Å². The fourth-order valence-corrected chi connectivity index (χ4v) is 1.90. The van der Waals surface area contributed by atoms with E-state index in [1.807, 2.05) is 19.9 Å². The predicted molar refractivity (Wildman–Crippen MR) is 83.8 cm³/mol. The number of hydrogen-bond acceptors (Lipinski definition) is 4. The van der Waals surface area contributed by atoms with Crippen molar-refractivity contribution in [1.82, 2.24) is 4.98 Å². The molecular formula is C16H19N3O2. The lowest BCUT2D eigenvalue weighted by Gasteiger charge is -2.17. The number of pyridine rings is 1. The zero-order chi connectivity index (χ0) is 15.4. The van der Waals surface area contributed by atoms with Crippen molar-refractivity contribution in [3.05, 3.63) is 48.2 Å². The van der Waals surface area contributed by atoms with Gasteiger partial charge in [0.05, 0.1) is 0 Å². The van der Waals surface area contributed by atoms with Crippen molar-refractivity contribution in [3.63, 3.8) is 0 Å². The Morgan fingerprint density at radius 2 is 1.86 bits per heavy atom. The number of nitrogens with one attached hydrogen (secondary N) is 1. The van der Waals surface area contributed by atoms with Crippen LogP contribution in [0.5, 0.6) is 5.75 Å². The maximum atomic E-state index is 12.4. The van der Waals surface area contributed by atoms with Gasteiger partial charge in [0.1, 0.15) is 17.3 Å². The van der Waals surface area contributed by atoms with Crippen LogP contribution in [0.3, 0.4) is 0 Å². The monoisotopic (exact) mass is 285 g/mol. The molecule has 0 fully saturated rings. The van der Waals surface area contributed by atoms with Gasteiger partial charge in [0, 0.05) is 18.8 Å². The van der Waals surface area contributed by atoms with Crippen molar-refractivity contribution in [1.29, 1.82) is 0 Å². The molecule has 0 aliphatic carbocycles. The normalized spacial score (nSPS) is 10.5. The standard InChI is InChI=1S/C16H19N3O2/c1-11(2)17-15-6-4-5-14(18-15)16(21)19(3)12-7-9-13(20)10-8-12/h4-11,20H,1-3H3,(H,17,18). The summed E-state index contributed by atoms with van der Waals surface area (Å²) in [6.45, 7) is 4.03. The number of carbonyl (C=O) groups is 1. The van der Waals surface area contributed by atoms with Gasteiger partial charge in [-0.05, 0) is 50.2 Å². The quantitative estimate of drug-likeness (QED) is 0.906. The molecule has 2 rings (SSSR count). The molecule has 21 heavy (non-hydrogen) atoms. The number of phenolic OH excluding ortho intramolecular Hbond substituents is 1. The summed E-state index contributed by atoms with van der Waals surface area (Å²) in [5.74, 6) is 0.643. The molecule has 1 heterocycles. The lowest BCUT2D eigenvalue weighted by molar-refractivity contribution is 0.0988. The second-order valence-corrected chi connectivity index (χ2v) is 5.09. The van der Waals surface area contributed by atoms with Crippen LogP contribution in [-0.4, -0.2) is 29.1 Å². The molecule has 5 heteroatoms. The number of hydrogen-bond donors (Lipinski definition) is 2. The number of aromatic hydroxyl groups is 1. The molecular weight excluding hydrogens is 266 g/mol. The minimum Gasteiger partial charge on any atom is -0.508 e. The van der Waals surface area contributed by atoms with Crippen LogP contribution < -0.4 is 10.2 Å². The molecule has 0 bridgehead atoms. The average molecular weight is 285 g/mol. The van der Waals surface area contributed by atoms with Crippen LogP contribution in [-0.2, 0) is 0 Å². The van der Waals surface area contributed by atoms with E-state index in [-0.39, 0.29) is 17.7 Å². The summed E-state index contributed by atoms with van der Waals surface area (Å²) in [4.78, 5) is 18.3. The highest BCUT2D eigenvalue weighted by Gasteiger charge is 2.15. The Hall–Kier alpha value is -2.56. The third kappa shape index (κ3) is 3.72. The summed E-state index contributed by atoms with van der Waals surface area (Å²) < 4.78 is 0. The minimum absolute atomic E-state index is 0.167. The summed E-state index contributed by atoms with van der Waals surface area (Å²) in [5, 5.41) is 12.5. The molecule has 0 spiro atoms. The van der Waals surface area contributed by atoms with Crippen molar-refractivity contribution in [2.24, 2.45) is 0 Å². The molecule has 110 valence electrons. The van der Waals surface area contributed by atoms with Gasteiger partial charge in [0.2, 0.25) is 0 Å². The fraction of sp³-hybridized carbons (Fsp3) is 0.250. The van der Waals surface area contributed by atoms with Crippen LogP contribution in [0.4, 0.5) is 11.5 Å². The van der Waals surface area contributed by atoms with E-state index >= 15 is 0 Å². The Morgan fingerprint density at radius 1 is 1.19 bits per heavy atom.